The molecule has 6 heteroatoms. The molecule has 0 fully saturated rings. The number of hydrogen-bond acceptors (Lipinski definition) is 4. The van der Waals surface area contributed by atoms with E-state index in [1.54, 1.807) is 12.1 Å². The molecule has 1 aromatic heterocycles. The van der Waals surface area contributed by atoms with Crippen molar-refractivity contribution in [3.05, 3.63) is 47.4 Å². The number of benzene rings is 1. The van der Waals surface area contributed by atoms with Crippen molar-refractivity contribution >= 4 is 29.0 Å². The lowest BCUT2D eigenvalue weighted by Crippen LogP contribution is -2.26. The van der Waals surface area contributed by atoms with E-state index in [4.69, 9.17) is 11.6 Å². The van der Waals surface area contributed by atoms with Gasteiger partial charge in [0.1, 0.15) is 11.5 Å². The van der Waals surface area contributed by atoms with Gasteiger partial charge < -0.3 is 10.6 Å². The van der Waals surface area contributed by atoms with Crippen molar-refractivity contribution in [2.45, 2.75) is 20.3 Å². The largest absolute Gasteiger partial charge is 0.351 e. The first-order chi connectivity index (χ1) is 10.5. The van der Waals surface area contributed by atoms with Crippen LogP contribution in [0.2, 0.25) is 5.02 Å². The fraction of sp³-hybridized carbons (Fsp3) is 0.312. The maximum atomic E-state index is 11.9. The van der Waals surface area contributed by atoms with Crippen LogP contribution >= 0.6 is 11.6 Å². The van der Waals surface area contributed by atoms with Crippen molar-refractivity contribution in [3.8, 4) is 0 Å². The van der Waals surface area contributed by atoms with Gasteiger partial charge in [-0.2, -0.15) is 0 Å². The molecule has 22 heavy (non-hydrogen) atoms. The van der Waals surface area contributed by atoms with E-state index >= 15 is 0 Å². The summed E-state index contributed by atoms with van der Waals surface area (Å²) < 4.78 is 0. The Kier molecular flexibility index (Phi) is 5.72. The van der Waals surface area contributed by atoms with Gasteiger partial charge in [-0.1, -0.05) is 25.4 Å². The smallest absolute Gasteiger partial charge is 0.271 e. The van der Waals surface area contributed by atoms with Crippen LogP contribution < -0.4 is 10.6 Å². The van der Waals surface area contributed by atoms with Crippen LogP contribution in [0, 0.1) is 5.92 Å². The molecule has 0 unspecified atom stereocenters. The minimum Gasteiger partial charge on any atom is -0.351 e. The molecular formula is C16H19ClN4O. The summed E-state index contributed by atoms with van der Waals surface area (Å²) in [6.45, 7) is 4.87. The SMILES string of the molecule is CC(C)CCNC(=O)c1cnc(Nc2ccc(Cl)cc2)cn1. The van der Waals surface area contributed by atoms with Gasteiger partial charge in [0.2, 0.25) is 0 Å². The van der Waals surface area contributed by atoms with E-state index < -0.39 is 0 Å². The topological polar surface area (TPSA) is 66.9 Å². The van der Waals surface area contributed by atoms with Gasteiger partial charge in [-0.15, -0.1) is 0 Å². The second kappa shape index (κ2) is 7.75. The van der Waals surface area contributed by atoms with Crippen LogP contribution in [0.1, 0.15) is 30.8 Å². The number of nitrogens with zero attached hydrogens (tertiary/aromatic N) is 2. The van der Waals surface area contributed by atoms with Crippen LogP contribution in [-0.4, -0.2) is 22.4 Å². The van der Waals surface area contributed by atoms with Gasteiger partial charge in [0, 0.05) is 17.3 Å². The molecule has 1 heterocycles. The van der Waals surface area contributed by atoms with Crippen LogP contribution in [0.15, 0.2) is 36.7 Å². The molecule has 5 nitrogen and oxygen atoms in total. The molecule has 116 valence electrons. The first-order valence-corrected chi connectivity index (χ1v) is 7.55. The van der Waals surface area contributed by atoms with E-state index in [0.717, 1.165) is 12.1 Å². The monoisotopic (exact) mass is 318 g/mol. The zero-order valence-electron chi connectivity index (χ0n) is 12.6. The molecule has 0 aliphatic rings. The van der Waals surface area contributed by atoms with Gasteiger partial charge in [-0.05, 0) is 36.6 Å². The predicted molar refractivity (Wildman–Crippen MR) is 88.6 cm³/mol. The zero-order chi connectivity index (χ0) is 15.9. The Morgan fingerprint density at radius 2 is 1.91 bits per heavy atom. The lowest BCUT2D eigenvalue weighted by molar-refractivity contribution is 0.0946. The predicted octanol–water partition coefficient (Wildman–Crippen LogP) is 3.65. The van der Waals surface area contributed by atoms with Crippen molar-refractivity contribution < 1.29 is 4.79 Å². The third kappa shape index (κ3) is 5.00. The second-order valence-electron chi connectivity index (χ2n) is 5.36. The van der Waals surface area contributed by atoms with Gasteiger partial charge in [0.05, 0.1) is 12.4 Å². The highest BCUT2D eigenvalue weighted by atomic mass is 35.5. The number of rotatable bonds is 6. The molecule has 0 saturated carbocycles. The maximum absolute atomic E-state index is 11.9. The Hall–Kier alpha value is -2.14. The zero-order valence-corrected chi connectivity index (χ0v) is 13.4. The Morgan fingerprint density at radius 3 is 2.50 bits per heavy atom. The number of halogens is 1. The van der Waals surface area contributed by atoms with E-state index in [1.807, 2.05) is 12.1 Å². The number of aromatic nitrogens is 2. The molecule has 1 amide bonds. The summed E-state index contributed by atoms with van der Waals surface area (Å²) in [4.78, 5) is 20.2. The Labute approximate surface area is 135 Å². The minimum absolute atomic E-state index is 0.203. The van der Waals surface area contributed by atoms with Crippen molar-refractivity contribution in [2.24, 2.45) is 5.92 Å². The molecule has 0 atom stereocenters. The average Bonchev–Trinajstić information content (AvgIpc) is 2.50. The molecule has 0 radical (unpaired) electrons. The van der Waals surface area contributed by atoms with Crippen molar-refractivity contribution in [1.82, 2.24) is 15.3 Å². The molecular weight excluding hydrogens is 300 g/mol. The van der Waals surface area contributed by atoms with Gasteiger partial charge in [-0.25, -0.2) is 9.97 Å². The average molecular weight is 319 g/mol. The number of amides is 1. The fourth-order valence-corrected chi connectivity index (χ4v) is 1.88. The van der Waals surface area contributed by atoms with Gasteiger partial charge in [0.25, 0.3) is 5.91 Å². The van der Waals surface area contributed by atoms with Gasteiger partial charge >= 0.3 is 0 Å². The van der Waals surface area contributed by atoms with E-state index in [-0.39, 0.29) is 5.91 Å². The molecule has 0 aliphatic heterocycles. The maximum Gasteiger partial charge on any atom is 0.271 e. The minimum atomic E-state index is -0.203. The molecule has 1 aromatic carbocycles. The summed E-state index contributed by atoms with van der Waals surface area (Å²) >= 11 is 5.83. The number of nitrogens with one attached hydrogen (secondary N) is 2. The quantitative estimate of drug-likeness (QED) is 0.853. The standard InChI is InChI=1S/C16H19ClN4O/c1-11(2)7-8-18-16(22)14-9-20-15(10-19-14)21-13-5-3-12(17)4-6-13/h3-6,9-11H,7-8H2,1-2H3,(H,18,22)(H,20,21). The summed E-state index contributed by atoms with van der Waals surface area (Å²) in [6, 6.07) is 7.26. The Morgan fingerprint density at radius 1 is 1.18 bits per heavy atom. The van der Waals surface area contributed by atoms with Crippen LogP contribution in [0.5, 0.6) is 0 Å². The molecule has 0 aliphatic carbocycles. The lowest BCUT2D eigenvalue weighted by atomic mass is 10.1. The first-order valence-electron chi connectivity index (χ1n) is 7.17. The van der Waals surface area contributed by atoms with Crippen molar-refractivity contribution in [2.75, 3.05) is 11.9 Å². The number of carbonyl (C=O) groups excluding carboxylic acids is 1. The van der Waals surface area contributed by atoms with Crippen LogP contribution in [0.25, 0.3) is 0 Å². The highest BCUT2D eigenvalue weighted by Crippen LogP contribution is 2.16. The van der Waals surface area contributed by atoms with Crippen LogP contribution in [0.3, 0.4) is 0 Å². The number of carbonyl (C=O) groups is 1. The summed E-state index contributed by atoms with van der Waals surface area (Å²) in [5.74, 6) is 0.921. The third-order valence-corrected chi connectivity index (χ3v) is 3.26. The molecule has 0 spiro atoms. The van der Waals surface area contributed by atoms with Crippen LogP contribution in [0.4, 0.5) is 11.5 Å². The highest BCUT2D eigenvalue weighted by Gasteiger charge is 2.07. The van der Waals surface area contributed by atoms with E-state index in [0.29, 0.717) is 29.0 Å². The third-order valence-electron chi connectivity index (χ3n) is 3.01. The van der Waals surface area contributed by atoms with Crippen LogP contribution in [-0.2, 0) is 0 Å². The molecule has 0 bridgehead atoms. The summed E-state index contributed by atoms with van der Waals surface area (Å²) in [7, 11) is 0. The molecule has 2 aromatic rings. The van der Waals surface area contributed by atoms with Gasteiger partial charge in [0.15, 0.2) is 0 Å². The summed E-state index contributed by atoms with van der Waals surface area (Å²) in [6.07, 6.45) is 3.93. The number of hydrogen-bond donors (Lipinski definition) is 2. The van der Waals surface area contributed by atoms with E-state index in [1.165, 1.54) is 12.4 Å². The highest BCUT2D eigenvalue weighted by molar-refractivity contribution is 6.30. The van der Waals surface area contributed by atoms with Gasteiger partial charge in [-0.3, -0.25) is 4.79 Å². The summed E-state index contributed by atoms with van der Waals surface area (Å²) in [5.41, 5.74) is 1.17. The Balaban J connectivity index is 1.92. The molecule has 0 saturated heterocycles. The second-order valence-corrected chi connectivity index (χ2v) is 5.79. The normalized spacial score (nSPS) is 10.5. The van der Waals surface area contributed by atoms with E-state index in [2.05, 4.69) is 34.4 Å². The van der Waals surface area contributed by atoms with Crippen molar-refractivity contribution in [3.63, 3.8) is 0 Å². The lowest BCUT2D eigenvalue weighted by Gasteiger charge is -2.08. The first kappa shape index (κ1) is 16.2. The number of anilines is 2. The van der Waals surface area contributed by atoms with E-state index in [9.17, 15) is 4.79 Å². The fourth-order valence-electron chi connectivity index (χ4n) is 1.76. The Bertz CT molecular complexity index is 611. The molecule has 2 rings (SSSR count). The van der Waals surface area contributed by atoms with Crippen molar-refractivity contribution in [1.29, 1.82) is 0 Å². The summed E-state index contributed by atoms with van der Waals surface area (Å²) in [5, 5.41) is 6.59. The molecule has 2 N–H and O–H groups in total.